The minimum absolute atomic E-state index is 0. The van der Waals surface area contributed by atoms with Gasteiger partial charge in [-0.15, -0.1) is 12.4 Å². The van der Waals surface area contributed by atoms with E-state index in [0.29, 0.717) is 6.04 Å². The van der Waals surface area contributed by atoms with E-state index in [1.54, 1.807) is 6.33 Å². The van der Waals surface area contributed by atoms with E-state index in [9.17, 15) is 5.11 Å². The monoisotopic (exact) mass is 424 g/mol. The van der Waals surface area contributed by atoms with E-state index in [1.807, 2.05) is 43.6 Å². The van der Waals surface area contributed by atoms with E-state index in [0.717, 1.165) is 42.4 Å². The third kappa shape index (κ3) is 5.17. The number of aromatic nitrogens is 3. The number of nitrogens with zero attached hydrogens (tertiary/aromatic N) is 2. The number of H-pyrrole nitrogens is 1. The van der Waals surface area contributed by atoms with Gasteiger partial charge in [-0.3, -0.25) is 4.98 Å². The first-order valence-electron chi connectivity index (χ1n) is 10.2. The third-order valence-corrected chi connectivity index (χ3v) is 5.70. The van der Waals surface area contributed by atoms with Crippen LogP contribution in [0.1, 0.15) is 44.2 Å². The molecule has 6 heteroatoms. The van der Waals surface area contributed by atoms with Gasteiger partial charge < -0.3 is 15.4 Å². The van der Waals surface area contributed by atoms with Crippen LogP contribution in [0.25, 0.3) is 21.8 Å². The van der Waals surface area contributed by atoms with Gasteiger partial charge in [0.05, 0.1) is 23.0 Å². The molecule has 5 nitrogen and oxygen atoms in total. The molecule has 0 fully saturated rings. The van der Waals surface area contributed by atoms with E-state index < -0.39 is 5.60 Å². The summed E-state index contributed by atoms with van der Waals surface area (Å²) in [6.45, 7) is 4.94. The van der Waals surface area contributed by atoms with Crippen LogP contribution in [0.5, 0.6) is 0 Å². The van der Waals surface area contributed by atoms with Crippen molar-refractivity contribution in [1.82, 2.24) is 20.3 Å². The van der Waals surface area contributed by atoms with Crippen molar-refractivity contribution in [2.45, 2.75) is 51.3 Å². The average molecular weight is 425 g/mol. The SMILES string of the molecule is C[C@H](CCCC(C)(O)c1ccc2nc[nH]c2c1)NCc1ccc2cnccc2c1.Cl. The summed E-state index contributed by atoms with van der Waals surface area (Å²) < 4.78 is 0. The summed E-state index contributed by atoms with van der Waals surface area (Å²) in [6.07, 6.45) is 8.10. The highest BCUT2D eigenvalue weighted by Gasteiger charge is 2.23. The largest absolute Gasteiger partial charge is 0.385 e. The minimum Gasteiger partial charge on any atom is -0.385 e. The molecule has 0 bridgehead atoms. The Bertz CT molecular complexity index is 1110. The van der Waals surface area contributed by atoms with Gasteiger partial charge in [-0.25, -0.2) is 4.98 Å². The smallest absolute Gasteiger partial charge is 0.0931 e. The molecule has 158 valence electrons. The second-order valence-electron chi connectivity index (χ2n) is 8.14. The molecule has 0 saturated heterocycles. The lowest BCUT2D eigenvalue weighted by Gasteiger charge is -2.25. The van der Waals surface area contributed by atoms with E-state index in [4.69, 9.17) is 0 Å². The minimum atomic E-state index is -0.842. The number of aromatic amines is 1. The van der Waals surface area contributed by atoms with Gasteiger partial charge in [0, 0.05) is 30.4 Å². The van der Waals surface area contributed by atoms with Crippen LogP contribution in [0.4, 0.5) is 0 Å². The molecule has 0 amide bonds. The van der Waals surface area contributed by atoms with E-state index in [2.05, 4.69) is 45.4 Å². The number of nitrogens with one attached hydrogen (secondary N) is 2. The number of halogens is 1. The quantitative estimate of drug-likeness (QED) is 0.368. The fourth-order valence-electron chi connectivity index (χ4n) is 3.80. The van der Waals surface area contributed by atoms with E-state index in [-0.39, 0.29) is 12.4 Å². The molecule has 1 unspecified atom stereocenters. The summed E-state index contributed by atoms with van der Waals surface area (Å²) >= 11 is 0. The molecule has 2 aromatic carbocycles. The van der Waals surface area contributed by atoms with E-state index >= 15 is 0 Å². The maximum absolute atomic E-state index is 10.9. The predicted octanol–water partition coefficient (Wildman–Crippen LogP) is 5.09. The normalized spacial score (nSPS) is 14.4. The summed E-state index contributed by atoms with van der Waals surface area (Å²) in [4.78, 5) is 11.5. The van der Waals surface area contributed by atoms with Crippen LogP contribution < -0.4 is 5.32 Å². The van der Waals surface area contributed by atoms with Crippen molar-refractivity contribution in [3.05, 3.63) is 72.3 Å². The van der Waals surface area contributed by atoms with Gasteiger partial charge in [-0.1, -0.05) is 18.2 Å². The van der Waals surface area contributed by atoms with Gasteiger partial charge in [0.25, 0.3) is 0 Å². The maximum Gasteiger partial charge on any atom is 0.0931 e. The lowest BCUT2D eigenvalue weighted by molar-refractivity contribution is 0.0445. The van der Waals surface area contributed by atoms with Crippen molar-refractivity contribution in [3.8, 4) is 0 Å². The van der Waals surface area contributed by atoms with Crippen molar-refractivity contribution in [1.29, 1.82) is 0 Å². The van der Waals surface area contributed by atoms with Gasteiger partial charge in [-0.05, 0) is 73.9 Å². The van der Waals surface area contributed by atoms with Crippen LogP contribution in [-0.4, -0.2) is 26.1 Å². The number of imidazole rings is 1. The molecule has 2 aromatic heterocycles. The Hall–Kier alpha value is -2.47. The van der Waals surface area contributed by atoms with Gasteiger partial charge in [0.15, 0.2) is 0 Å². The topological polar surface area (TPSA) is 73.8 Å². The molecular formula is C24H29ClN4O. The summed E-state index contributed by atoms with van der Waals surface area (Å²) in [5.41, 5.74) is 3.25. The van der Waals surface area contributed by atoms with Crippen molar-refractivity contribution in [2.75, 3.05) is 0 Å². The van der Waals surface area contributed by atoms with Gasteiger partial charge in [0.1, 0.15) is 0 Å². The Morgan fingerprint density at radius 2 is 2.00 bits per heavy atom. The third-order valence-electron chi connectivity index (χ3n) is 5.70. The second-order valence-corrected chi connectivity index (χ2v) is 8.14. The Balaban J connectivity index is 0.00000256. The van der Waals surface area contributed by atoms with Crippen LogP contribution >= 0.6 is 12.4 Å². The first-order chi connectivity index (χ1) is 14.0. The van der Waals surface area contributed by atoms with Crippen molar-refractivity contribution in [2.24, 2.45) is 0 Å². The lowest BCUT2D eigenvalue weighted by Crippen LogP contribution is -2.27. The predicted molar refractivity (Wildman–Crippen MR) is 125 cm³/mol. The molecule has 3 N–H and O–H groups in total. The zero-order chi connectivity index (χ0) is 20.3. The van der Waals surface area contributed by atoms with Crippen molar-refractivity contribution >= 4 is 34.2 Å². The number of hydrogen-bond acceptors (Lipinski definition) is 4. The number of rotatable bonds is 8. The first kappa shape index (κ1) is 22.2. The lowest BCUT2D eigenvalue weighted by atomic mass is 9.89. The molecule has 4 aromatic rings. The molecule has 0 aliphatic carbocycles. The molecule has 2 heterocycles. The Kier molecular flexibility index (Phi) is 7.08. The molecule has 30 heavy (non-hydrogen) atoms. The molecule has 4 rings (SSSR count). The van der Waals surface area contributed by atoms with Crippen LogP contribution in [-0.2, 0) is 12.1 Å². The fraction of sp³-hybridized carbons (Fsp3) is 0.333. The van der Waals surface area contributed by atoms with Crippen LogP contribution in [0.15, 0.2) is 61.2 Å². The van der Waals surface area contributed by atoms with Gasteiger partial charge >= 0.3 is 0 Å². The van der Waals surface area contributed by atoms with Gasteiger partial charge in [-0.2, -0.15) is 0 Å². The standard InChI is InChI=1S/C24H28N4O.ClH/c1-17(26-14-18-5-6-20-15-25-11-9-19(20)12-18)4-3-10-24(2,29)21-7-8-22-23(13-21)28-16-27-22;/h5-9,11-13,15-17,26,29H,3-4,10,14H2,1-2H3,(H,27,28);1H/t17-,24?;/m1./s1. The molecule has 0 radical (unpaired) electrons. The Morgan fingerprint density at radius 1 is 1.13 bits per heavy atom. The molecule has 0 aliphatic heterocycles. The Morgan fingerprint density at radius 3 is 2.87 bits per heavy atom. The molecule has 2 atom stereocenters. The van der Waals surface area contributed by atoms with Crippen LogP contribution in [0.2, 0.25) is 0 Å². The van der Waals surface area contributed by atoms with E-state index in [1.165, 1.54) is 16.3 Å². The zero-order valence-electron chi connectivity index (χ0n) is 17.4. The maximum atomic E-state index is 10.9. The van der Waals surface area contributed by atoms with Crippen molar-refractivity contribution < 1.29 is 5.11 Å². The Labute approximate surface area is 183 Å². The highest BCUT2D eigenvalue weighted by Crippen LogP contribution is 2.28. The second kappa shape index (κ2) is 9.56. The van der Waals surface area contributed by atoms with Crippen LogP contribution in [0.3, 0.4) is 0 Å². The molecule has 0 spiro atoms. The molecule has 0 saturated carbocycles. The van der Waals surface area contributed by atoms with Crippen molar-refractivity contribution in [3.63, 3.8) is 0 Å². The number of aliphatic hydroxyl groups is 1. The summed E-state index contributed by atoms with van der Waals surface area (Å²) in [6, 6.07) is 14.9. The number of benzene rings is 2. The molecular weight excluding hydrogens is 396 g/mol. The highest BCUT2D eigenvalue weighted by atomic mass is 35.5. The summed E-state index contributed by atoms with van der Waals surface area (Å²) in [7, 11) is 0. The highest BCUT2D eigenvalue weighted by molar-refractivity contribution is 5.85. The number of pyridine rings is 1. The average Bonchev–Trinajstić information content (AvgIpc) is 3.20. The fourth-order valence-corrected chi connectivity index (χ4v) is 3.80. The first-order valence-corrected chi connectivity index (χ1v) is 10.2. The number of hydrogen-bond donors (Lipinski definition) is 3. The number of fused-ring (bicyclic) bond motifs is 2. The zero-order valence-corrected chi connectivity index (χ0v) is 18.2. The summed E-state index contributed by atoms with van der Waals surface area (Å²) in [5, 5.41) is 16.9. The van der Waals surface area contributed by atoms with Crippen LogP contribution in [0, 0.1) is 0 Å². The molecule has 0 aliphatic rings. The summed E-state index contributed by atoms with van der Waals surface area (Å²) in [5.74, 6) is 0. The van der Waals surface area contributed by atoms with Gasteiger partial charge in [0.2, 0.25) is 0 Å².